The molecule has 1 aromatic heterocycles. The minimum absolute atomic E-state index is 0.139. The van der Waals surface area contributed by atoms with Crippen LogP contribution in [0.5, 0.6) is 5.75 Å². The Morgan fingerprint density at radius 2 is 1.82 bits per heavy atom. The molecule has 4 rings (SSSR count). The van der Waals surface area contributed by atoms with Gasteiger partial charge in [0.25, 0.3) is 0 Å². The molecule has 0 aliphatic carbocycles. The number of carbonyl (C=O) groups excluding carboxylic acids is 1. The van der Waals surface area contributed by atoms with Crippen molar-refractivity contribution >= 4 is 16.9 Å². The van der Waals surface area contributed by atoms with Crippen molar-refractivity contribution in [1.82, 2.24) is 9.80 Å². The van der Waals surface area contributed by atoms with Gasteiger partial charge in [0, 0.05) is 50.2 Å². The van der Waals surface area contributed by atoms with Crippen LogP contribution < -0.4 is 4.74 Å². The predicted molar refractivity (Wildman–Crippen MR) is 129 cm³/mol. The van der Waals surface area contributed by atoms with Crippen LogP contribution in [0.4, 0.5) is 0 Å². The van der Waals surface area contributed by atoms with Crippen molar-refractivity contribution in [3.05, 3.63) is 54.1 Å². The van der Waals surface area contributed by atoms with Gasteiger partial charge in [-0.1, -0.05) is 30.3 Å². The highest BCUT2D eigenvalue weighted by molar-refractivity contribution is 6.09. The van der Waals surface area contributed by atoms with E-state index in [4.69, 9.17) is 19.0 Å². The summed E-state index contributed by atoms with van der Waals surface area (Å²) in [6.45, 7) is 7.01. The van der Waals surface area contributed by atoms with E-state index in [1.807, 2.05) is 30.3 Å². The Kier molecular flexibility index (Phi) is 8.18. The van der Waals surface area contributed by atoms with Crippen molar-refractivity contribution in [2.75, 3.05) is 59.1 Å². The number of benzene rings is 2. The topological polar surface area (TPSA) is 95.6 Å². The first-order valence-corrected chi connectivity index (χ1v) is 11.7. The van der Waals surface area contributed by atoms with Gasteiger partial charge in [-0.05, 0) is 25.1 Å². The molecule has 1 atom stereocenters. The van der Waals surface area contributed by atoms with Gasteiger partial charge in [0.1, 0.15) is 35.4 Å². The summed E-state index contributed by atoms with van der Waals surface area (Å²) in [5, 5.41) is 20.2. The lowest BCUT2D eigenvalue weighted by atomic mass is 10.1. The van der Waals surface area contributed by atoms with Crippen molar-refractivity contribution in [1.29, 1.82) is 0 Å². The summed E-state index contributed by atoms with van der Waals surface area (Å²) >= 11 is 0. The van der Waals surface area contributed by atoms with Crippen LogP contribution in [0.2, 0.25) is 0 Å². The Hall–Kier alpha value is -2.91. The van der Waals surface area contributed by atoms with Crippen molar-refractivity contribution in [2.24, 2.45) is 0 Å². The number of aliphatic hydroxyl groups is 2. The fourth-order valence-electron chi connectivity index (χ4n) is 4.25. The van der Waals surface area contributed by atoms with Crippen LogP contribution in [0.15, 0.2) is 52.9 Å². The molecule has 0 amide bonds. The molecular formula is C26H32N2O6. The van der Waals surface area contributed by atoms with Crippen LogP contribution in [-0.2, 0) is 4.74 Å². The monoisotopic (exact) mass is 468 g/mol. The molecule has 0 radical (unpaired) electrons. The molecule has 0 unspecified atom stereocenters. The predicted octanol–water partition coefficient (Wildman–Crippen LogP) is 2.63. The summed E-state index contributed by atoms with van der Waals surface area (Å²) in [5.74, 6) is 0.564. The average molecular weight is 469 g/mol. The van der Waals surface area contributed by atoms with Gasteiger partial charge in [-0.3, -0.25) is 9.80 Å². The molecule has 0 bridgehead atoms. The fraction of sp³-hybridized carbons (Fsp3) is 0.423. The molecule has 1 aliphatic rings. The average Bonchev–Trinajstić information content (AvgIpc) is 3.24. The number of hydrogen-bond acceptors (Lipinski definition) is 8. The number of rotatable bonds is 10. The van der Waals surface area contributed by atoms with E-state index in [0.717, 1.165) is 31.7 Å². The molecule has 2 heterocycles. The largest absolute Gasteiger partial charge is 0.491 e. The van der Waals surface area contributed by atoms with Crippen molar-refractivity contribution in [3.8, 4) is 17.1 Å². The van der Waals surface area contributed by atoms with Gasteiger partial charge < -0.3 is 24.1 Å². The van der Waals surface area contributed by atoms with Crippen LogP contribution in [-0.4, -0.2) is 91.2 Å². The molecule has 1 saturated heterocycles. The molecule has 0 saturated carbocycles. The molecule has 2 aromatic carbocycles. The van der Waals surface area contributed by atoms with Gasteiger partial charge in [-0.25, -0.2) is 4.79 Å². The minimum Gasteiger partial charge on any atom is -0.491 e. The van der Waals surface area contributed by atoms with Crippen molar-refractivity contribution in [2.45, 2.75) is 13.0 Å². The molecule has 34 heavy (non-hydrogen) atoms. The molecule has 3 aromatic rings. The number of aliphatic hydroxyl groups excluding tert-OH is 2. The van der Waals surface area contributed by atoms with Crippen LogP contribution in [0.3, 0.4) is 0 Å². The number of furan rings is 1. The Bertz CT molecular complexity index is 1080. The molecule has 0 spiro atoms. The van der Waals surface area contributed by atoms with Crippen molar-refractivity contribution in [3.63, 3.8) is 0 Å². The first kappa shape index (κ1) is 24.2. The zero-order valence-corrected chi connectivity index (χ0v) is 19.5. The summed E-state index contributed by atoms with van der Waals surface area (Å²) < 4.78 is 17.2. The molecule has 8 nitrogen and oxygen atoms in total. The number of hydrogen-bond donors (Lipinski definition) is 2. The number of β-amino-alcohol motifs (C(OH)–C–C–N with tert-alkyl or cyclic N) is 2. The van der Waals surface area contributed by atoms with E-state index in [1.54, 1.807) is 25.1 Å². The van der Waals surface area contributed by atoms with E-state index < -0.39 is 12.1 Å². The highest BCUT2D eigenvalue weighted by Crippen LogP contribution is 2.36. The first-order valence-electron chi connectivity index (χ1n) is 11.7. The standard InChI is InChI=1S/C26H32N2O6/c1-2-32-26(31)24-22-16-21(8-9-23(22)34-25(24)19-6-4-3-5-7-19)33-18-20(30)17-28-12-10-27(11-13-28)14-15-29/h3-9,16,20,29-30H,2,10-15,17-18H2,1H3/t20-/m1/s1. The van der Waals surface area contributed by atoms with Gasteiger partial charge in [0.05, 0.1) is 13.2 Å². The number of fused-ring (bicyclic) bond motifs is 1. The van der Waals surface area contributed by atoms with Gasteiger partial charge in [-0.2, -0.15) is 0 Å². The number of ether oxygens (including phenoxy) is 2. The van der Waals surface area contributed by atoms with E-state index in [2.05, 4.69) is 9.80 Å². The lowest BCUT2D eigenvalue weighted by Crippen LogP contribution is -2.49. The van der Waals surface area contributed by atoms with E-state index in [0.29, 0.717) is 41.1 Å². The lowest BCUT2D eigenvalue weighted by Gasteiger charge is -2.35. The van der Waals surface area contributed by atoms with Crippen LogP contribution in [0.1, 0.15) is 17.3 Å². The molecule has 1 aliphatic heterocycles. The highest BCUT2D eigenvalue weighted by atomic mass is 16.5. The van der Waals surface area contributed by atoms with Crippen LogP contribution in [0, 0.1) is 0 Å². The summed E-state index contributed by atoms with van der Waals surface area (Å²) in [7, 11) is 0. The summed E-state index contributed by atoms with van der Waals surface area (Å²) in [6.07, 6.45) is -0.645. The molecular weight excluding hydrogens is 436 g/mol. The first-order chi connectivity index (χ1) is 16.6. The second-order valence-corrected chi connectivity index (χ2v) is 8.38. The summed E-state index contributed by atoms with van der Waals surface area (Å²) in [6, 6.07) is 14.8. The third-order valence-corrected chi connectivity index (χ3v) is 5.97. The number of nitrogens with zero attached hydrogens (tertiary/aromatic N) is 2. The van der Waals surface area contributed by atoms with Gasteiger partial charge in [-0.15, -0.1) is 0 Å². The third kappa shape index (κ3) is 5.77. The smallest absolute Gasteiger partial charge is 0.342 e. The second-order valence-electron chi connectivity index (χ2n) is 8.38. The maximum atomic E-state index is 12.8. The van der Waals surface area contributed by atoms with Crippen LogP contribution in [0.25, 0.3) is 22.3 Å². The third-order valence-electron chi connectivity index (χ3n) is 5.97. The summed E-state index contributed by atoms with van der Waals surface area (Å²) in [5.41, 5.74) is 1.73. The highest BCUT2D eigenvalue weighted by Gasteiger charge is 2.24. The maximum Gasteiger partial charge on any atom is 0.342 e. The maximum absolute atomic E-state index is 12.8. The Morgan fingerprint density at radius 1 is 1.09 bits per heavy atom. The number of piperazine rings is 1. The summed E-state index contributed by atoms with van der Waals surface area (Å²) in [4.78, 5) is 17.2. The fourth-order valence-corrected chi connectivity index (χ4v) is 4.25. The van der Waals surface area contributed by atoms with Gasteiger partial charge >= 0.3 is 5.97 Å². The van der Waals surface area contributed by atoms with E-state index in [-0.39, 0.29) is 19.8 Å². The molecule has 8 heteroatoms. The zero-order valence-electron chi connectivity index (χ0n) is 19.5. The van der Waals surface area contributed by atoms with Crippen molar-refractivity contribution < 1.29 is 28.9 Å². The SMILES string of the molecule is CCOC(=O)c1c(-c2ccccc2)oc2ccc(OC[C@H](O)CN3CCN(CCO)CC3)cc12. The molecule has 2 N–H and O–H groups in total. The Labute approximate surface area is 199 Å². The normalized spacial score (nSPS) is 16.0. The van der Waals surface area contributed by atoms with E-state index >= 15 is 0 Å². The number of carbonyl (C=O) groups is 1. The Balaban J connectivity index is 1.45. The minimum atomic E-state index is -0.645. The van der Waals surface area contributed by atoms with Gasteiger partial charge in [0.15, 0.2) is 0 Å². The van der Waals surface area contributed by atoms with Crippen LogP contribution >= 0.6 is 0 Å². The Morgan fingerprint density at radius 3 is 2.53 bits per heavy atom. The zero-order chi connectivity index (χ0) is 23.9. The molecule has 182 valence electrons. The quantitative estimate of drug-likeness (QED) is 0.439. The second kappa shape index (κ2) is 11.5. The molecule has 1 fully saturated rings. The van der Waals surface area contributed by atoms with Gasteiger partial charge in [0.2, 0.25) is 0 Å². The van der Waals surface area contributed by atoms with E-state index in [1.165, 1.54) is 0 Å². The lowest BCUT2D eigenvalue weighted by molar-refractivity contribution is 0.0428. The van der Waals surface area contributed by atoms with E-state index in [9.17, 15) is 9.90 Å². The number of esters is 1.